The average Bonchev–Trinajstić information content (AvgIpc) is 3.37. The molecule has 0 aliphatic carbocycles. The third-order valence-electron chi connectivity index (χ3n) is 6.55. The smallest absolute Gasteiger partial charge is 0.353 e. The van der Waals surface area contributed by atoms with Gasteiger partial charge in [-0.3, -0.25) is 4.57 Å². The van der Waals surface area contributed by atoms with E-state index in [1.807, 2.05) is 0 Å². The van der Waals surface area contributed by atoms with Gasteiger partial charge in [0, 0.05) is 12.3 Å². The highest BCUT2D eigenvalue weighted by molar-refractivity contribution is 5.91. The molecule has 1 aliphatic rings. The zero-order valence-corrected chi connectivity index (χ0v) is 23.1. The summed E-state index contributed by atoms with van der Waals surface area (Å²) in [4.78, 5) is 56.2. The highest BCUT2D eigenvalue weighted by Crippen LogP contribution is 2.35. The Hall–Kier alpha value is -5.29. The molecule has 0 radical (unpaired) electrons. The first-order valence-electron chi connectivity index (χ1n) is 13.6. The third-order valence-corrected chi connectivity index (χ3v) is 6.55. The van der Waals surface area contributed by atoms with Gasteiger partial charge in [-0.2, -0.15) is 4.98 Å². The van der Waals surface area contributed by atoms with Gasteiger partial charge >= 0.3 is 23.6 Å². The fraction of sp³-hybridized carbons (Fsp3) is 0.219. The molecule has 5 rings (SSSR count). The molecule has 0 N–H and O–H groups in total. The van der Waals surface area contributed by atoms with Gasteiger partial charge in [-0.1, -0.05) is 54.6 Å². The second-order valence-electron chi connectivity index (χ2n) is 9.39. The molecule has 3 aromatic carbocycles. The number of aromatic nitrogens is 2. The zero-order valence-electron chi connectivity index (χ0n) is 23.1. The van der Waals surface area contributed by atoms with Crippen LogP contribution in [0, 0.1) is 0 Å². The van der Waals surface area contributed by atoms with E-state index in [0.29, 0.717) is 12.2 Å². The summed E-state index contributed by atoms with van der Waals surface area (Å²) in [6.07, 6.45) is -3.66. The minimum Gasteiger partial charge on any atom is -0.478 e. The van der Waals surface area contributed by atoms with E-state index in [2.05, 4.69) is 4.98 Å². The predicted octanol–water partition coefficient (Wildman–Crippen LogP) is 3.85. The molecule has 1 aliphatic heterocycles. The van der Waals surface area contributed by atoms with Crippen molar-refractivity contribution in [3.05, 3.63) is 130 Å². The lowest BCUT2D eigenvalue weighted by Gasteiger charge is -2.25. The largest absolute Gasteiger partial charge is 0.478 e. The molecule has 11 heteroatoms. The molecule has 1 fully saturated rings. The normalized spacial score (nSPS) is 19.3. The Balaban J connectivity index is 1.50. The van der Waals surface area contributed by atoms with Crippen LogP contribution in [0.5, 0.6) is 5.88 Å². The van der Waals surface area contributed by atoms with Gasteiger partial charge in [0.15, 0.2) is 18.4 Å². The Morgan fingerprint density at radius 3 is 1.77 bits per heavy atom. The fourth-order valence-corrected chi connectivity index (χ4v) is 4.50. The van der Waals surface area contributed by atoms with E-state index >= 15 is 0 Å². The molecule has 4 aromatic rings. The molecule has 0 bridgehead atoms. The quantitative estimate of drug-likeness (QED) is 0.200. The Morgan fingerprint density at radius 1 is 0.744 bits per heavy atom. The van der Waals surface area contributed by atoms with Gasteiger partial charge in [-0.15, -0.1) is 0 Å². The maximum Gasteiger partial charge on any atom is 0.353 e. The van der Waals surface area contributed by atoms with Crippen LogP contribution < -0.4 is 10.4 Å². The lowest BCUT2D eigenvalue weighted by Crippen LogP contribution is -2.42. The summed E-state index contributed by atoms with van der Waals surface area (Å²) in [5.74, 6) is -2.01. The summed E-state index contributed by atoms with van der Waals surface area (Å²) in [5.41, 5.74) is 0.00478. The Labute approximate surface area is 246 Å². The average molecular weight is 585 g/mol. The molecule has 4 atom stereocenters. The number of nitrogens with zero attached hydrogens (tertiary/aromatic N) is 2. The SMILES string of the molecule is CCOc1ccn([C@@H]2O[C@H](COC(=O)c3ccccc3)[C@@H](OC(=O)c3ccccc3)[C@@H]2OC(=O)c2ccccc2)c(=O)n1. The summed E-state index contributed by atoms with van der Waals surface area (Å²) in [6.45, 7) is 1.66. The van der Waals surface area contributed by atoms with E-state index in [1.54, 1.807) is 97.9 Å². The van der Waals surface area contributed by atoms with Crippen LogP contribution in [0.2, 0.25) is 0 Å². The Kier molecular flexibility index (Phi) is 9.23. The second kappa shape index (κ2) is 13.6. The molecule has 220 valence electrons. The maximum absolute atomic E-state index is 13.2. The summed E-state index contributed by atoms with van der Waals surface area (Å²) < 4.78 is 29.8. The zero-order chi connectivity index (χ0) is 30.2. The molecule has 11 nitrogen and oxygen atoms in total. The lowest BCUT2D eigenvalue weighted by atomic mass is 10.1. The van der Waals surface area contributed by atoms with Crippen molar-refractivity contribution in [1.29, 1.82) is 0 Å². The van der Waals surface area contributed by atoms with Crippen LogP contribution in [0.3, 0.4) is 0 Å². The van der Waals surface area contributed by atoms with Crippen molar-refractivity contribution in [3.8, 4) is 5.88 Å². The molecule has 0 unspecified atom stereocenters. The predicted molar refractivity (Wildman–Crippen MR) is 152 cm³/mol. The molecule has 0 spiro atoms. The van der Waals surface area contributed by atoms with Crippen LogP contribution in [-0.2, 0) is 18.9 Å². The van der Waals surface area contributed by atoms with Crippen molar-refractivity contribution in [1.82, 2.24) is 9.55 Å². The molecule has 0 saturated carbocycles. The van der Waals surface area contributed by atoms with E-state index in [1.165, 1.54) is 12.3 Å². The molecular weight excluding hydrogens is 556 g/mol. The first-order chi connectivity index (χ1) is 20.9. The molecule has 2 heterocycles. The minimum atomic E-state index is -1.33. The van der Waals surface area contributed by atoms with Gasteiger partial charge in [0.25, 0.3) is 0 Å². The van der Waals surface area contributed by atoms with E-state index in [9.17, 15) is 19.2 Å². The van der Waals surface area contributed by atoms with Crippen molar-refractivity contribution in [2.45, 2.75) is 31.5 Å². The number of rotatable bonds is 10. The number of hydrogen-bond acceptors (Lipinski definition) is 10. The Bertz CT molecular complexity index is 1610. The van der Waals surface area contributed by atoms with E-state index in [0.717, 1.165) is 4.57 Å². The van der Waals surface area contributed by atoms with Gasteiger partial charge in [0.2, 0.25) is 5.88 Å². The van der Waals surface area contributed by atoms with Crippen molar-refractivity contribution >= 4 is 17.9 Å². The van der Waals surface area contributed by atoms with E-state index < -0.39 is 48.1 Å². The lowest BCUT2D eigenvalue weighted by molar-refractivity contribution is -0.0640. The Morgan fingerprint density at radius 2 is 1.26 bits per heavy atom. The van der Waals surface area contributed by atoms with Crippen molar-refractivity contribution in [2.75, 3.05) is 13.2 Å². The van der Waals surface area contributed by atoms with Crippen LogP contribution in [0.4, 0.5) is 0 Å². The number of carbonyl (C=O) groups excluding carboxylic acids is 3. The summed E-state index contributed by atoms with van der Waals surface area (Å²) in [5, 5.41) is 0. The summed E-state index contributed by atoms with van der Waals surface area (Å²) >= 11 is 0. The summed E-state index contributed by atoms with van der Waals surface area (Å²) in [6, 6.07) is 26.2. The number of esters is 3. The number of hydrogen-bond donors (Lipinski definition) is 0. The van der Waals surface area contributed by atoms with Crippen molar-refractivity contribution in [3.63, 3.8) is 0 Å². The third kappa shape index (κ3) is 6.96. The molecular formula is C32H28N2O9. The van der Waals surface area contributed by atoms with Gasteiger partial charge < -0.3 is 23.7 Å². The van der Waals surface area contributed by atoms with Crippen molar-refractivity contribution < 1.29 is 38.1 Å². The van der Waals surface area contributed by atoms with Gasteiger partial charge in [0.1, 0.15) is 12.7 Å². The van der Waals surface area contributed by atoms with Gasteiger partial charge in [-0.25, -0.2) is 19.2 Å². The minimum absolute atomic E-state index is 0.0972. The van der Waals surface area contributed by atoms with Gasteiger partial charge in [-0.05, 0) is 43.3 Å². The number of ether oxygens (including phenoxy) is 5. The fourth-order valence-electron chi connectivity index (χ4n) is 4.50. The number of carbonyl (C=O) groups is 3. The van der Waals surface area contributed by atoms with Crippen molar-refractivity contribution in [2.24, 2.45) is 0 Å². The highest BCUT2D eigenvalue weighted by atomic mass is 16.7. The highest BCUT2D eigenvalue weighted by Gasteiger charge is 2.51. The monoisotopic (exact) mass is 584 g/mol. The standard InChI is InChI=1S/C32H28N2O9/c1-2-39-25-18-19-34(32(38)33-25)28-27(43-31(37)23-16-10-5-11-17-23)26(42-30(36)22-14-8-4-9-15-22)24(41-28)20-40-29(35)21-12-6-3-7-13-21/h3-19,24,26-28H,2,20H2,1H3/t24-,26-,27+,28-/m1/s1. The number of benzene rings is 3. The molecule has 0 amide bonds. The second-order valence-corrected chi connectivity index (χ2v) is 9.39. The molecule has 43 heavy (non-hydrogen) atoms. The van der Waals surface area contributed by atoms with E-state index in [-0.39, 0.29) is 23.6 Å². The van der Waals surface area contributed by atoms with Crippen LogP contribution >= 0.6 is 0 Å². The first-order valence-corrected chi connectivity index (χ1v) is 13.6. The summed E-state index contributed by atoms with van der Waals surface area (Å²) in [7, 11) is 0. The van der Waals surface area contributed by atoms with Crippen LogP contribution in [-0.4, -0.2) is 59.0 Å². The van der Waals surface area contributed by atoms with E-state index in [4.69, 9.17) is 23.7 Å². The molecule has 1 aromatic heterocycles. The van der Waals surface area contributed by atoms with Crippen LogP contribution in [0.15, 0.2) is 108 Å². The molecule has 1 saturated heterocycles. The van der Waals surface area contributed by atoms with Crippen LogP contribution in [0.1, 0.15) is 44.2 Å². The van der Waals surface area contributed by atoms with Crippen LogP contribution in [0.25, 0.3) is 0 Å². The van der Waals surface area contributed by atoms with Gasteiger partial charge in [0.05, 0.1) is 23.3 Å². The topological polar surface area (TPSA) is 132 Å². The first kappa shape index (κ1) is 29.2. The maximum atomic E-state index is 13.2.